The van der Waals surface area contributed by atoms with E-state index in [-0.39, 0.29) is 46.2 Å². The number of carbonyl (C=O) groups excluding carboxylic acids is 5. The molecular weight excluding hydrogens is 532 g/mol. The van der Waals surface area contributed by atoms with Gasteiger partial charge in [-0.1, -0.05) is 6.07 Å². The van der Waals surface area contributed by atoms with Crippen LogP contribution in [0.25, 0.3) is 0 Å². The van der Waals surface area contributed by atoms with Gasteiger partial charge in [0.05, 0.1) is 49.1 Å². The minimum absolute atomic E-state index is 0.0252. The van der Waals surface area contributed by atoms with E-state index in [1.165, 1.54) is 55.5 Å². The van der Waals surface area contributed by atoms with E-state index in [0.29, 0.717) is 18.0 Å². The average molecular weight is 559 g/mol. The summed E-state index contributed by atoms with van der Waals surface area (Å²) in [5.74, 6) is -2.18. The fourth-order valence-electron chi connectivity index (χ4n) is 4.72. The second-order valence-electron chi connectivity index (χ2n) is 9.39. The standard InChI is InChI=1S/C30H26N2O9/c1-38-29(36)23-11-9-20(15-25(23)30(37)39-2)41-19-6-3-5-18(14-19)31-26(33)17-8-10-22-24(13-17)28(35)32(27(22)34)16-21-7-4-12-40-21/h3,5-6,8-11,13-15,21H,4,7,12,16H2,1-2H3,(H,31,33). The van der Waals surface area contributed by atoms with Crippen LogP contribution in [-0.2, 0) is 14.2 Å². The van der Waals surface area contributed by atoms with Gasteiger partial charge in [-0.3, -0.25) is 19.3 Å². The van der Waals surface area contributed by atoms with Crippen molar-refractivity contribution in [2.24, 2.45) is 0 Å². The van der Waals surface area contributed by atoms with Crippen molar-refractivity contribution in [1.29, 1.82) is 0 Å². The third-order valence-corrected chi connectivity index (χ3v) is 6.77. The molecule has 1 fully saturated rings. The Bertz CT molecular complexity index is 1560. The number of nitrogens with one attached hydrogen (secondary N) is 1. The number of imide groups is 1. The smallest absolute Gasteiger partial charge is 0.338 e. The number of methoxy groups -OCH3 is 2. The molecule has 2 aliphatic rings. The zero-order valence-corrected chi connectivity index (χ0v) is 22.3. The molecule has 0 saturated carbocycles. The van der Waals surface area contributed by atoms with Gasteiger partial charge in [0, 0.05) is 23.9 Å². The number of carbonyl (C=O) groups is 5. The molecule has 11 nitrogen and oxygen atoms in total. The van der Waals surface area contributed by atoms with Gasteiger partial charge in [-0.25, -0.2) is 9.59 Å². The number of hydrogen-bond donors (Lipinski definition) is 1. The van der Waals surface area contributed by atoms with E-state index in [9.17, 15) is 24.0 Å². The van der Waals surface area contributed by atoms with Crippen LogP contribution in [0, 0.1) is 0 Å². The Kier molecular flexibility index (Phi) is 7.79. The van der Waals surface area contributed by atoms with Crippen LogP contribution in [0.3, 0.4) is 0 Å². The van der Waals surface area contributed by atoms with Crippen LogP contribution >= 0.6 is 0 Å². The highest BCUT2D eigenvalue weighted by molar-refractivity contribution is 6.22. The van der Waals surface area contributed by atoms with Crippen LogP contribution in [0.2, 0.25) is 0 Å². The van der Waals surface area contributed by atoms with Gasteiger partial charge in [0.25, 0.3) is 17.7 Å². The Labute approximate surface area is 234 Å². The summed E-state index contributed by atoms with van der Waals surface area (Å²) in [5, 5.41) is 2.76. The lowest BCUT2D eigenvalue weighted by atomic mass is 10.1. The molecular formula is C30H26N2O9. The summed E-state index contributed by atoms with van der Waals surface area (Å²) < 4.78 is 20.9. The summed E-state index contributed by atoms with van der Waals surface area (Å²) in [4.78, 5) is 64.2. The number of anilines is 1. The lowest BCUT2D eigenvalue weighted by molar-refractivity contribution is 0.0474. The van der Waals surface area contributed by atoms with Crippen LogP contribution in [0.15, 0.2) is 60.7 Å². The Balaban J connectivity index is 1.30. The average Bonchev–Trinajstić information content (AvgIpc) is 3.59. The minimum Gasteiger partial charge on any atom is -0.465 e. The maximum absolute atomic E-state index is 13.0. The normalized spacial score (nSPS) is 15.9. The largest absolute Gasteiger partial charge is 0.465 e. The fraction of sp³-hybridized carbons (Fsp3) is 0.233. The number of esters is 2. The zero-order chi connectivity index (χ0) is 29.1. The van der Waals surface area contributed by atoms with Gasteiger partial charge in [-0.15, -0.1) is 0 Å². The van der Waals surface area contributed by atoms with E-state index < -0.39 is 29.7 Å². The summed E-state index contributed by atoms with van der Waals surface area (Å²) in [6.45, 7) is 0.799. The van der Waals surface area contributed by atoms with E-state index in [1.807, 2.05) is 0 Å². The molecule has 3 aromatic carbocycles. The monoisotopic (exact) mass is 558 g/mol. The minimum atomic E-state index is -0.735. The predicted octanol–water partition coefficient (Wildman–Crippen LogP) is 4.08. The molecule has 5 rings (SSSR count). The van der Waals surface area contributed by atoms with Crippen molar-refractivity contribution in [2.45, 2.75) is 18.9 Å². The lowest BCUT2D eigenvalue weighted by Gasteiger charge is -2.17. The summed E-state index contributed by atoms with van der Waals surface area (Å²) in [6, 6.07) is 15.1. The number of amides is 3. The predicted molar refractivity (Wildman–Crippen MR) is 144 cm³/mol. The Hall–Kier alpha value is -5.03. The van der Waals surface area contributed by atoms with E-state index in [0.717, 1.165) is 12.8 Å². The number of rotatable bonds is 8. The first kappa shape index (κ1) is 27.5. The molecule has 1 saturated heterocycles. The van der Waals surface area contributed by atoms with Crippen molar-refractivity contribution >= 4 is 35.3 Å². The number of fused-ring (bicyclic) bond motifs is 1. The third kappa shape index (κ3) is 5.66. The first-order chi connectivity index (χ1) is 19.8. The Morgan fingerprint density at radius 2 is 1.61 bits per heavy atom. The van der Waals surface area contributed by atoms with Gasteiger partial charge in [0.15, 0.2) is 0 Å². The van der Waals surface area contributed by atoms with E-state index in [4.69, 9.17) is 18.9 Å². The number of ether oxygens (including phenoxy) is 4. The highest BCUT2D eigenvalue weighted by Crippen LogP contribution is 2.29. The zero-order valence-electron chi connectivity index (χ0n) is 22.3. The quantitative estimate of drug-likeness (QED) is 0.320. The number of hydrogen-bond acceptors (Lipinski definition) is 9. The van der Waals surface area contributed by atoms with E-state index in [1.54, 1.807) is 24.3 Å². The van der Waals surface area contributed by atoms with E-state index in [2.05, 4.69) is 5.32 Å². The first-order valence-electron chi connectivity index (χ1n) is 12.8. The molecule has 0 aromatic heterocycles. The first-order valence-corrected chi connectivity index (χ1v) is 12.8. The van der Waals surface area contributed by atoms with Crippen molar-refractivity contribution < 1.29 is 42.9 Å². The molecule has 0 spiro atoms. The van der Waals surface area contributed by atoms with Gasteiger partial charge in [-0.2, -0.15) is 0 Å². The second-order valence-corrected chi connectivity index (χ2v) is 9.39. The lowest BCUT2D eigenvalue weighted by Crippen LogP contribution is -2.36. The molecule has 2 aliphatic heterocycles. The van der Waals surface area contributed by atoms with Gasteiger partial charge in [-0.05, 0) is 61.4 Å². The maximum Gasteiger partial charge on any atom is 0.338 e. The molecule has 11 heteroatoms. The molecule has 0 aliphatic carbocycles. The highest BCUT2D eigenvalue weighted by atomic mass is 16.5. The molecule has 1 unspecified atom stereocenters. The van der Waals surface area contributed by atoms with Crippen molar-refractivity contribution in [1.82, 2.24) is 4.90 Å². The number of benzene rings is 3. The van der Waals surface area contributed by atoms with Crippen molar-refractivity contribution in [3.05, 3.63) is 88.5 Å². The Morgan fingerprint density at radius 1 is 0.878 bits per heavy atom. The Morgan fingerprint density at radius 3 is 2.34 bits per heavy atom. The molecule has 1 N–H and O–H groups in total. The molecule has 2 heterocycles. The van der Waals surface area contributed by atoms with Crippen molar-refractivity contribution in [2.75, 3.05) is 32.7 Å². The summed E-state index contributed by atoms with van der Waals surface area (Å²) in [7, 11) is 2.40. The van der Waals surface area contributed by atoms with Crippen molar-refractivity contribution in [3.8, 4) is 11.5 Å². The molecule has 210 valence electrons. The van der Waals surface area contributed by atoms with Crippen LogP contribution in [0.1, 0.15) is 64.6 Å². The highest BCUT2D eigenvalue weighted by Gasteiger charge is 2.38. The molecule has 0 bridgehead atoms. The van der Waals surface area contributed by atoms with Gasteiger partial charge in [0.1, 0.15) is 11.5 Å². The van der Waals surface area contributed by atoms with Gasteiger partial charge < -0.3 is 24.3 Å². The van der Waals surface area contributed by atoms with Gasteiger partial charge in [0.2, 0.25) is 0 Å². The summed E-state index contributed by atoms with van der Waals surface area (Å²) in [5.41, 5.74) is 1.03. The van der Waals surface area contributed by atoms with Crippen LogP contribution in [-0.4, -0.2) is 68.0 Å². The van der Waals surface area contributed by atoms with Crippen LogP contribution in [0.4, 0.5) is 5.69 Å². The van der Waals surface area contributed by atoms with Crippen LogP contribution in [0.5, 0.6) is 11.5 Å². The van der Waals surface area contributed by atoms with Crippen molar-refractivity contribution in [3.63, 3.8) is 0 Å². The fourth-order valence-corrected chi connectivity index (χ4v) is 4.72. The second kappa shape index (κ2) is 11.6. The number of nitrogens with zero attached hydrogens (tertiary/aromatic N) is 1. The summed E-state index contributed by atoms with van der Waals surface area (Å²) >= 11 is 0. The molecule has 41 heavy (non-hydrogen) atoms. The summed E-state index contributed by atoms with van der Waals surface area (Å²) in [6.07, 6.45) is 1.50. The molecule has 0 radical (unpaired) electrons. The SMILES string of the molecule is COC(=O)c1ccc(Oc2cccc(NC(=O)c3ccc4c(c3)C(=O)N(CC3CCCO3)C4=O)c2)cc1C(=O)OC. The molecule has 3 aromatic rings. The molecule has 3 amide bonds. The maximum atomic E-state index is 13.0. The topological polar surface area (TPSA) is 138 Å². The molecule has 1 atom stereocenters. The van der Waals surface area contributed by atoms with Gasteiger partial charge >= 0.3 is 11.9 Å². The van der Waals surface area contributed by atoms with E-state index >= 15 is 0 Å². The van der Waals surface area contributed by atoms with Crippen LogP contribution < -0.4 is 10.1 Å². The third-order valence-electron chi connectivity index (χ3n) is 6.77.